The molecule has 0 aliphatic carbocycles. The van der Waals surface area contributed by atoms with E-state index < -0.39 is 0 Å². The Morgan fingerprint density at radius 2 is 2.00 bits per heavy atom. The van der Waals surface area contributed by atoms with E-state index in [1.54, 1.807) is 0 Å². The molecule has 3 aliphatic rings. The zero-order valence-corrected chi connectivity index (χ0v) is 14.4. The second-order valence-electron chi connectivity index (χ2n) is 7.75. The molecule has 0 aromatic heterocycles. The molecule has 0 amide bonds. The van der Waals surface area contributed by atoms with Crippen LogP contribution in [-0.4, -0.2) is 47.7 Å². The first-order valence-corrected chi connectivity index (χ1v) is 9.32. The van der Waals surface area contributed by atoms with E-state index in [9.17, 15) is 0 Å². The summed E-state index contributed by atoms with van der Waals surface area (Å²) in [4.78, 5) is 2.56. The third kappa shape index (κ3) is 3.12. The van der Waals surface area contributed by atoms with Crippen LogP contribution in [0.15, 0.2) is 24.3 Å². The van der Waals surface area contributed by atoms with Gasteiger partial charge in [-0.3, -0.25) is 4.90 Å². The number of hydrogen-bond acceptors (Lipinski definition) is 4. The molecular formula is C19H30N4. The summed E-state index contributed by atoms with van der Waals surface area (Å²) in [5, 5.41) is 6.03. The standard InChI is InChI=1S/C19H30N4/c1-19-9-4-6-17(8-10-19)23(19)21-18-7-3-2-5-16(18)15-22-13-11-20-12-14-22/h2-3,5,7,17,20-21H,4,6,8-15H2,1H3. The van der Waals surface area contributed by atoms with E-state index >= 15 is 0 Å². The van der Waals surface area contributed by atoms with Crippen molar-refractivity contribution in [2.24, 2.45) is 0 Å². The average molecular weight is 314 g/mol. The van der Waals surface area contributed by atoms with Crippen molar-refractivity contribution < 1.29 is 0 Å². The molecule has 2 atom stereocenters. The summed E-state index contributed by atoms with van der Waals surface area (Å²) in [6, 6.07) is 9.61. The lowest BCUT2D eigenvalue weighted by Gasteiger charge is -2.43. The quantitative estimate of drug-likeness (QED) is 0.895. The fourth-order valence-electron chi connectivity index (χ4n) is 4.64. The smallest absolute Gasteiger partial charge is 0.0535 e. The maximum Gasteiger partial charge on any atom is 0.0535 e. The van der Waals surface area contributed by atoms with E-state index in [0.717, 1.165) is 38.8 Å². The number of hydrogen-bond donors (Lipinski definition) is 2. The van der Waals surface area contributed by atoms with Gasteiger partial charge in [0.15, 0.2) is 0 Å². The SMILES string of the molecule is CC12CCCC(CC1)N2Nc1ccccc1CN1CCNCC1. The number of piperazine rings is 1. The molecule has 0 radical (unpaired) electrons. The third-order valence-electron chi connectivity index (χ3n) is 6.08. The molecule has 4 rings (SSSR count). The first-order chi connectivity index (χ1) is 11.2. The van der Waals surface area contributed by atoms with E-state index in [1.165, 1.54) is 43.4 Å². The number of benzene rings is 1. The zero-order valence-electron chi connectivity index (χ0n) is 14.4. The third-order valence-corrected chi connectivity index (χ3v) is 6.08. The normalized spacial score (nSPS) is 32.1. The van der Waals surface area contributed by atoms with Crippen molar-refractivity contribution in [2.75, 3.05) is 31.6 Å². The van der Waals surface area contributed by atoms with Crippen molar-refractivity contribution in [1.82, 2.24) is 15.2 Å². The Hall–Kier alpha value is -1.10. The van der Waals surface area contributed by atoms with Gasteiger partial charge in [-0.2, -0.15) is 0 Å². The number of nitrogens with zero attached hydrogens (tertiary/aromatic N) is 2. The summed E-state index contributed by atoms with van der Waals surface area (Å²) >= 11 is 0. The van der Waals surface area contributed by atoms with Crippen molar-refractivity contribution >= 4 is 5.69 Å². The molecule has 0 saturated carbocycles. The highest BCUT2D eigenvalue weighted by molar-refractivity contribution is 5.51. The lowest BCUT2D eigenvalue weighted by molar-refractivity contribution is 0.0961. The molecule has 3 heterocycles. The van der Waals surface area contributed by atoms with Crippen LogP contribution in [0, 0.1) is 0 Å². The molecule has 3 aliphatic heterocycles. The molecule has 1 aromatic carbocycles. The Morgan fingerprint density at radius 3 is 2.83 bits per heavy atom. The van der Waals surface area contributed by atoms with Gasteiger partial charge in [0, 0.05) is 44.3 Å². The van der Waals surface area contributed by atoms with Gasteiger partial charge in [0.2, 0.25) is 0 Å². The molecule has 1 aromatic rings. The lowest BCUT2D eigenvalue weighted by Crippen LogP contribution is -2.51. The minimum absolute atomic E-state index is 0.352. The minimum atomic E-state index is 0.352. The van der Waals surface area contributed by atoms with Gasteiger partial charge in [-0.1, -0.05) is 18.2 Å². The van der Waals surface area contributed by atoms with Crippen LogP contribution < -0.4 is 10.7 Å². The van der Waals surface area contributed by atoms with E-state index in [-0.39, 0.29) is 0 Å². The number of anilines is 1. The molecule has 0 spiro atoms. The predicted molar refractivity (Wildman–Crippen MR) is 95.3 cm³/mol. The van der Waals surface area contributed by atoms with Crippen LogP contribution in [0.4, 0.5) is 5.69 Å². The Bertz CT molecular complexity index is 536. The minimum Gasteiger partial charge on any atom is -0.318 e. The number of piperidine rings is 1. The maximum atomic E-state index is 3.83. The van der Waals surface area contributed by atoms with Gasteiger partial charge in [0.25, 0.3) is 0 Å². The topological polar surface area (TPSA) is 30.5 Å². The maximum absolute atomic E-state index is 3.83. The van der Waals surface area contributed by atoms with Crippen molar-refractivity contribution in [3.05, 3.63) is 29.8 Å². The summed E-state index contributed by atoms with van der Waals surface area (Å²) in [6.45, 7) is 8.03. The Morgan fingerprint density at radius 1 is 1.17 bits per heavy atom. The van der Waals surface area contributed by atoms with Gasteiger partial charge in [-0.15, -0.1) is 0 Å². The Kier molecular flexibility index (Phi) is 4.31. The van der Waals surface area contributed by atoms with Crippen molar-refractivity contribution in [2.45, 2.75) is 57.2 Å². The van der Waals surface area contributed by atoms with Crippen LogP contribution in [0.1, 0.15) is 44.6 Å². The number of nitrogens with one attached hydrogen (secondary N) is 2. The monoisotopic (exact) mass is 314 g/mol. The molecule has 4 heteroatoms. The first-order valence-electron chi connectivity index (χ1n) is 9.32. The van der Waals surface area contributed by atoms with Gasteiger partial charge >= 0.3 is 0 Å². The predicted octanol–water partition coefficient (Wildman–Crippen LogP) is 2.83. The van der Waals surface area contributed by atoms with Gasteiger partial charge in [-0.25, -0.2) is 5.01 Å². The van der Waals surface area contributed by atoms with Gasteiger partial charge in [0.1, 0.15) is 0 Å². The van der Waals surface area contributed by atoms with E-state index in [0.29, 0.717) is 5.54 Å². The molecular weight excluding hydrogens is 284 g/mol. The Balaban J connectivity index is 1.50. The van der Waals surface area contributed by atoms with Gasteiger partial charge in [0.05, 0.1) is 5.69 Å². The van der Waals surface area contributed by atoms with Crippen LogP contribution in [0.2, 0.25) is 0 Å². The highest BCUT2D eigenvalue weighted by Crippen LogP contribution is 2.43. The van der Waals surface area contributed by atoms with Crippen LogP contribution in [0.3, 0.4) is 0 Å². The van der Waals surface area contributed by atoms with Gasteiger partial charge < -0.3 is 10.7 Å². The largest absolute Gasteiger partial charge is 0.318 e. The summed E-state index contributed by atoms with van der Waals surface area (Å²) < 4.78 is 0. The van der Waals surface area contributed by atoms with E-state index in [2.05, 4.69) is 51.8 Å². The van der Waals surface area contributed by atoms with E-state index in [4.69, 9.17) is 0 Å². The van der Waals surface area contributed by atoms with Crippen LogP contribution in [-0.2, 0) is 6.54 Å². The summed E-state index contributed by atoms with van der Waals surface area (Å²) in [7, 11) is 0. The van der Waals surface area contributed by atoms with Crippen LogP contribution in [0.5, 0.6) is 0 Å². The van der Waals surface area contributed by atoms with Gasteiger partial charge in [-0.05, 0) is 50.7 Å². The molecule has 2 N–H and O–H groups in total. The molecule has 3 saturated heterocycles. The average Bonchev–Trinajstić information content (AvgIpc) is 2.75. The fraction of sp³-hybridized carbons (Fsp3) is 0.684. The number of para-hydroxylation sites is 1. The van der Waals surface area contributed by atoms with E-state index in [1.807, 2.05) is 0 Å². The zero-order chi connectivity index (χ0) is 15.7. The van der Waals surface area contributed by atoms with Crippen molar-refractivity contribution in [1.29, 1.82) is 0 Å². The summed E-state index contributed by atoms with van der Waals surface area (Å²) in [6.07, 6.45) is 6.76. The molecule has 4 nitrogen and oxygen atoms in total. The number of fused-ring (bicyclic) bond motifs is 2. The fourth-order valence-corrected chi connectivity index (χ4v) is 4.64. The second kappa shape index (κ2) is 6.42. The highest BCUT2D eigenvalue weighted by Gasteiger charge is 2.45. The molecule has 2 bridgehead atoms. The highest BCUT2D eigenvalue weighted by atomic mass is 15.6. The molecule has 3 fully saturated rings. The second-order valence-corrected chi connectivity index (χ2v) is 7.75. The van der Waals surface area contributed by atoms with Crippen LogP contribution >= 0.6 is 0 Å². The molecule has 23 heavy (non-hydrogen) atoms. The molecule has 2 unspecified atom stereocenters. The van der Waals surface area contributed by atoms with Crippen molar-refractivity contribution in [3.63, 3.8) is 0 Å². The Labute approximate surface area is 140 Å². The van der Waals surface area contributed by atoms with Crippen molar-refractivity contribution in [3.8, 4) is 0 Å². The summed E-state index contributed by atoms with van der Waals surface area (Å²) in [5.41, 5.74) is 6.93. The van der Waals surface area contributed by atoms with Crippen LogP contribution in [0.25, 0.3) is 0 Å². The number of rotatable bonds is 4. The lowest BCUT2D eigenvalue weighted by atomic mass is 9.92. The summed E-state index contributed by atoms with van der Waals surface area (Å²) in [5.74, 6) is 0. The molecule has 126 valence electrons. The first kappa shape index (κ1) is 15.4. The number of hydrazine groups is 1.